The van der Waals surface area contributed by atoms with Crippen molar-refractivity contribution in [1.82, 2.24) is 20.6 Å². The molecule has 0 aliphatic carbocycles. The Kier molecular flexibility index (Phi) is 6.49. The van der Waals surface area contributed by atoms with Gasteiger partial charge in [-0.1, -0.05) is 24.3 Å². The van der Waals surface area contributed by atoms with Crippen molar-refractivity contribution in [1.29, 1.82) is 0 Å². The fourth-order valence-corrected chi connectivity index (χ4v) is 3.02. The molecule has 3 rings (SSSR count). The van der Waals surface area contributed by atoms with E-state index >= 15 is 0 Å². The predicted octanol–water partition coefficient (Wildman–Crippen LogP) is 3.17. The number of aromatic nitrogens is 2. The Morgan fingerprint density at radius 1 is 0.839 bits per heavy atom. The first-order valence-corrected chi connectivity index (χ1v) is 9.81. The average molecular weight is 420 g/mol. The maximum absolute atomic E-state index is 12.4. The Labute approximate surface area is 179 Å². The summed E-state index contributed by atoms with van der Waals surface area (Å²) in [5.41, 5.74) is 3.37. The second-order valence-corrected chi connectivity index (χ2v) is 7.34. The van der Waals surface area contributed by atoms with Gasteiger partial charge < -0.3 is 20.6 Å². The molecule has 0 spiro atoms. The predicted molar refractivity (Wildman–Crippen MR) is 115 cm³/mol. The third-order valence-corrected chi connectivity index (χ3v) is 4.95. The van der Waals surface area contributed by atoms with Crippen molar-refractivity contribution >= 4 is 23.4 Å². The fraction of sp³-hybridized carbons (Fsp3) is 0.217. The van der Waals surface area contributed by atoms with Gasteiger partial charge >= 0.3 is 0 Å². The van der Waals surface area contributed by atoms with Gasteiger partial charge in [0.15, 0.2) is 11.6 Å². The minimum absolute atomic E-state index is 0.109. The molecule has 1 unspecified atom stereocenters. The lowest BCUT2D eigenvalue weighted by molar-refractivity contribution is 0.0930. The molecule has 0 radical (unpaired) electrons. The van der Waals surface area contributed by atoms with E-state index in [1.807, 2.05) is 31.2 Å². The van der Waals surface area contributed by atoms with E-state index in [0.717, 1.165) is 11.1 Å². The third kappa shape index (κ3) is 5.36. The van der Waals surface area contributed by atoms with Crippen LogP contribution in [0.4, 0.5) is 0 Å². The number of benzene rings is 1. The van der Waals surface area contributed by atoms with E-state index < -0.39 is 0 Å². The SMILES string of the molecule is CC(=O)c1c[nH]c(C(=O)NCc2ccc(C(C)NC(=O)c3cc(C(C)=O)c[nH]3)cc2)c1. The summed E-state index contributed by atoms with van der Waals surface area (Å²) in [4.78, 5) is 52.9. The summed E-state index contributed by atoms with van der Waals surface area (Å²) in [7, 11) is 0. The van der Waals surface area contributed by atoms with E-state index in [0.29, 0.717) is 29.1 Å². The van der Waals surface area contributed by atoms with Crippen molar-refractivity contribution < 1.29 is 19.2 Å². The van der Waals surface area contributed by atoms with Crippen molar-refractivity contribution in [2.45, 2.75) is 33.4 Å². The highest BCUT2D eigenvalue weighted by Crippen LogP contribution is 2.15. The highest BCUT2D eigenvalue weighted by molar-refractivity contribution is 5.99. The first-order valence-electron chi connectivity index (χ1n) is 9.81. The largest absolute Gasteiger partial charge is 0.356 e. The van der Waals surface area contributed by atoms with Crippen LogP contribution >= 0.6 is 0 Å². The van der Waals surface area contributed by atoms with E-state index in [2.05, 4.69) is 20.6 Å². The summed E-state index contributed by atoms with van der Waals surface area (Å²) >= 11 is 0. The molecule has 1 atom stereocenters. The van der Waals surface area contributed by atoms with Crippen LogP contribution in [0.2, 0.25) is 0 Å². The van der Waals surface area contributed by atoms with Crippen molar-refractivity contribution in [3.05, 3.63) is 82.4 Å². The van der Waals surface area contributed by atoms with Gasteiger partial charge in [0.1, 0.15) is 11.4 Å². The molecule has 160 valence electrons. The van der Waals surface area contributed by atoms with Crippen LogP contribution in [0.25, 0.3) is 0 Å². The number of carbonyl (C=O) groups excluding carboxylic acids is 4. The van der Waals surface area contributed by atoms with E-state index in [9.17, 15) is 19.2 Å². The number of carbonyl (C=O) groups is 4. The van der Waals surface area contributed by atoms with Crippen molar-refractivity contribution in [2.24, 2.45) is 0 Å². The third-order valence-electron chi connectivity index (χ3n) is 4.95. The molecular weight excluding hydrogens is 396 g/mol. The van der Waals surface area contributed by atoms with E-state index in [4.69, 9.17) is 0 Å². The number of rotatable bonds is 8. The Morgan fingerprint density at radius 3 is 1.84 bits per heavy atom. The van der Waals surface area contributed by atoms with Crippen LogP contribution in [0.5, 0.6) is 0 Å². The van der Waals surface area contributed by atoms with Crippen LogP contribution in [0.1, 0.15) is 79.6 Å². The lowest BCUT2D eigenvalue weighted by atomic mass is 10.1. The van der Waals surface area contributed by atoms with Crippen molar-refractivity contribution in [2.75, 3.05) is 0 Å². The number of ketones is 2. The van der Waals surface area contributed by atoms with Gasteiger partial charge in [-0.25, -0.2) is 0 Å². The molecule has 31 heavy (non-hydrogen) atoms. The molecule has 8 heteroatoms. The van der Waals surface area contributed by atoms with Gasteiger partial charge in [-0.3, -0.25) is 19.2 Å². The van der Waals surface area contributed by atoms with Gasteiger partial charge in [0.05, 0.1) is 6.04 Å². The number of Topliss-reactive ketones (excluding diaryl/α,β-unsaturated/α-hetero) is 2. The van der Waals surface area contributed by atoms with Crippen LogP contribution in [0, 0.1) is 0 Å². The van der Waals surface area contributed by atoms with Crippen LogP contribution in [0.3, 0.4) is 0 Å². The van der Waals surface area contributed by atoms with Crippen LogP contribution < -0.4 is 10.6 Å². The lowest BCUT2D eigenvalue weighted by Crippen LogP contribution is -2.27. The summed E-state index contributed by atoms with van der Waals surface area (Å²) < 4.78 is 0. The number of H-pyrrole nitrogens is 2. The molecule has 0 aliphatic heterocycles. The molecule has 2 heterocycles. The Balaban J connectivity index is 1.54. The summed E-state index contributed by atoms with van der Waals surface area (Å²) in [6.45, 7) is 5.07. The topological polar surface area (TPSA) is 124 Å². The number of amides is 2. The molecule has 0 bridgehead atoms. The number of nitrogens with one attached hydrogen (secondary N) is 4. The number of hydrogen-bond acceptors (Lipinski definition) is 4. The molecule has 0 aliphatic rings. The summed E-state index contributed by atoms with van der Waals surface area (Å²) in [6.07, 6.45) is 3.02. The molecule has 8 nitrogen and oxygen atoms in total. The average Bonchev–Trinajstić information content (AvgIpc) is 3.42. The second kappa shape index (κ2) is 9.25. The quantitative estimate of drug-likeness (QED) is 0.418. The molecule has 2 amide bonds. The summed E-state index contributed by atoms with van der Waals surface area (Å²) in [5.74, 6) is -0.815. The monoisotopic (exact) mass is 420 g/mol. The molecule has 4 N–H and O–H groups in total. The fourth-order valence-electron chi connectivity index (χ4n) is 3.02. The first kappa shape index (κ1) is 21.8. The van der Waals surface area contributed by atoms with E-state index in [-0.39, 0.29) is 29.4 Å². The Morgan fingerprint density at radius 2 is 1.35 bits per heavy atom. The highest BCUT2D eigenvalue weighted by Gasteiger charge is 2.15. The molecule has 2 aromatic heterocycles. The van der Waals surface area contributed by atoms with Gasteiger partial charge in [-0.2, -0.15) is 0 Å². The van der Waals surface area contributed by atoms with Gasteiger partial charge in [-0.15, -0.1) is 0 Å². The second-order valence-electron chi connectivity index (χ2n) is 7.34. The van der Waals surface area contributed by atoms with Crippen LogP contribution in [-0.4, -0.2) is 33.3 Å². The normalized spacial score (nSPS) is 11.6. The molecule has 0 fully saturated rings. The lowest BCUT2D eigenvalue weighted by Gasteiger charge is -2.14. The number of hydrogen-bond donors (Lipinski definition) is 4. The number of aromatic amines is 2. The van der Waals surface area contributed by atoms with Crippen molar-refractivity contribution in [3.63, 3.8) is 0 Å². The standard InChI is InChI=1S/C23H24N4O4/c1-13(27-23(31)21-9-19(12-25-21)15(3)29)17-6-4-16(5-7-17)10-26-22(30)20-8-18(11-24-20)14(2)28/h4-9,11-13,24-25H,10H2,1-3H3,(H,26,30)(H,27,31). The van der Waals surface area contributed by atoms with Crippen LogP contribution in [-0.2, 0) is 6.54 Å². The van der Waals surface area contributed by atoms with Gasteiger partial charge in [0.25, 0.3) is 11.8 Å². The zero-order valence-electron chi connectivity index (χ0n) is 17.5. The molecule has 0 saturated heterocycles. The molecule has 3 aromatic rings. The summed E-state index contributed by atoms with van der Waals surface area (Å²) in [6, 6.07) is 10.3. The van der Waals surface area contributed by atoms with Gasteiger partial charge in [0, 0.05) is 30.1 Å². The summed E-state index contributed by atoms with van der Waals surface area (Å²) in [5, 5.41) is 5.68. The maximum atomic E-state index is 12.4. The maximum Gasteiger partial charge on any atom is 0.268 e. The van der Waals surface area contributed by atoms with E-state index in [1.54, 1.807) is 0 Å². The Hall–Kier alpha value is -3.94. The molecule has 0 saturated carbocycles. The Bertz CT molecular complexity index is 1120. The van der Waals surface area contributed by atoms with Gasteiger partial charge in [0.2, 0.25) is 0 Å². The smallest absolute Gasteiger partial charge is 0.268 e. The minimum atomic E-state index is -0.299. The van der Waals surface area contributed by atoms with Crippen LogP contribution in [0.15, 0.2) is 48.8 Å². The van der Waals surface area contributed by atoms with Gasteiger partial charge in [-0.05, 0) is 44.0 Å². The molecule has 1 aromatic carbocycles. The highest BCUT2D eigenvalue weighted by atomic mass is 16.2. The molecular formula is C23H24N4O4. The minimum Gasteiger partial charge on any atom is -0.356 e. The zero-order valence-corrected chi connectivity index (χ0v) is 17.5. The zero-order chi connectivity index (χ0) is 22.5. The van der Waals surface area contributed by atoms with E-state index in [1.165, 1.54) is 38.4 Å². The van der Waals surface area contributed by atoms with Crippen molar-refractivity contribution in [3.8, 4) is 0 Å². The first-order chi connectivity index (χ1) is 14.7.